The summed E-state index contributed by atoms with van der Waals surface area (Å²) in [6.07, 6.45) is 2.67. The highest BCUT2D eigenvalue weighted by atomic mass is 16.1. The van der Waals surface area contributed by atoms with Crippen LogP contribution >= 0.6 is 0 Å². The van der Waals surface area contributed by atoms with Crippen LogP contribution in [-0.2, 0) is 11.2 Å². The number of imidazole rings is 1. The molecular formula is C19H19N3O. The van der Waals surface area contributed by atoms with Crippen LogP contribution in [0.3, 0.4) is 0 Å². The van der Waals surface area contributed by atoms with Crippen LogP contribution in [0.2, 0.25) is 0 Å². The summed E-state index contributed by atoms with van der Waals surface area (Å²) in [5.74, 6) is 0.905. The monoisotopic (exact) mass is 305 g/mol. The van der Waals surface area contributed by atoms with Crippen LogP contribution in [0.4, 0.5) is 0 Å². The molecule has 2 aromatic carbocycles. The number of nitrogens with one attached hydrogen (secondary N) is 1. The fourth-order valence-electron chi connectivity index (χ4n) is 2.61. The molecule has 3 rings (SSSR count). The number of rotatable bonds is 6. The van der Waals surface area contributed by atoms with Crippen molar-refractivity contribution < 1.29 is 4.79 Å². The minimum absolute atomic E-state index is 0.0107. The van der Waals surface area contributed by atoms with Gasteiger partial charge in [-0.1, -0.05) is 36.4 Å². The molecule has 0 saturated carbocycles. The van der Waals surface area contributed by atoms with Gasteiger partial charge in [-0.05, 0) is 24.3 Å². The van der Waals surface area contributed by atoms with Gasteiger partial charge < -0.3 is 5.32 Å². The minimum Gasteiger partial charge on any atom is -0.353 e. The molecule has 0 bridgehead atoms. The van der Waals surface area contributed by atoms with Crippen LogP contribution < -0.4 is 5.32 Å². The summed E-state index contributed by atoms with van der Waals surface area (Å²) in [6.45, 7) is 4.10. The van der Waals surface area contributed by atoms with E-state index in [9.17, 15) is 4.79 Å². The van der Waals surface area contributed by atoms with E-state index < -0.39 is 0 Å². The average molecular weight is 305 g/mol. The molecule has 0 spiro atoms. The number of nitrogens with zero attached hydrogens (tertiary/aromatic N) is 2. The van der Waals surface area contributed by atoms with E-state index in [1.807, 2.05) is 36.4 Å². The molecule has 4 nitrogen and oxygen atoms in total. The standard InChI is InChI=1S/C19H19N3O/c1-2-14-20-19(23)13-12-18-21-16-10-6-7-11-17(16)22(18)15-8-4-3-5-9-15/h2-11H,1,12-14H2,(H,20,23). The Balaban J connectivity index is 1.93. The van der Waals surface area contributed by atoms with Crippen LogP contribution in [0.25, 0.3) is 16.7 Å². The van der Waals surface area contributed by atoms with Crippen molar-refractivity contribution in [3.8, 4) is 5.69 Å². The van der Waals surface area contributed by atoms with E-state index in [0.717, 1.165) is 22.5 Å². The summed E-state index contributed by atoms with van der Waals surface area (Å²) in [7, 11) is 0. The second kappa shape index (κ2) is 6.92. The van der Waals surface area contributed by atoms with Crippen molar-refractivity contribution in [3.05, 3.63) is 73.1 Å². The molecule has 0 fully saturated rings. The van der Waals surface area contributed by atoms with Gasteiger partial charge in [-0.2, -0.15) is 0 Å². The summed E-state index contributed by atoms with van der Waals surface area (Å²) in [5.41, 5.74) is 3.06. The fraction of sp³-hybridized carbons (Fsp3) is 0.158. The second-order valence-electron chi connectivity index (χ2n) is 5.28. The molecule has 1 heterocycles. The highest BCUT2D eigenvalue weighted by molar-refractivity contribution is 5.79. The summed E-state index contributed by atoms with van der Waals surface area (Å²) in [5, 5.41) is 2.80. The van der Waals surface area contributed by atoms with E-state index in [0.29, 0.717) is 19.4 Å². The highest BCUT2D eigenvalue weighted by Gasteiger charge is 2.13. The molecule has 0 unspecified atom stereocenters. The molecule has 1 N–H and O–H groups in total. The lowest BCUT2D eigenvalue weighted by atomic mass is 10.2. The number of aryl methyl sites for hydroxylation is 1. The number of hydrogen-bond donors (Lipinski definition) is 1. The van der Waals surface area contributed by atoms with Crippen molar-refractivity contribution in [1.29, 1.82) is 0 Å². The van der Waals surface area contributed by atoms with Gasteiger partial charge in [-0.15, -0.1) is 6.58 Å². The van der Waals surface area contributed by atoms with E-state index >= 15 is 0 Å². The predicted octanol–water partition coefficient (Wildman–Crippen LogP) is 3.26. The second-order valence-corrected chi connectivity index (χ2v) is 5.28. The number of aromatic nitrogens is 2. The summed E-state index contributed by atoms with van der Waals surface area (Å²) < 4.78 is 2.12. The van der Waals surface area contributed by atoms with E-state index in [1.165, 1.54) is 0 Å². The maximum atomic E-state index is 11.8. The van der Waals surface area contributed by atoms with Crippen LogP contribution in [0.5, 0.6) is 0 Å². The first-order valence-electron chi connectivity index (χ1n) is 7.69. The molecule has 0 aliphatic carbocycles. The Kier molecular flexibility index (Phi) is 4.52. The highest BCUT2D eigenvalue weighted by Crippen LogP contribution is 2.22. The Morgan fingerprint density at radius 3 is 2.65 bits per heavy atom. The van der Waals surface area contributed by atoms with E-state index in [1.54, 1.807) is 6.08 Å². The number of carbonyl (C=O) groups excluding carboxylic acids is 1. The zero-order chi connectivity index (χ0) is 16.1. The fourth-order valence-corrected chi connectivity index (χ4v) is 2.61. The number of benzene rings is 2. The average Bonchev–Trinajstić information content (AvgIpc) is 2.97. The van der Waals surface area contributed by atoms with Crippen LogP contribution in [0.15, 0.2) is 67.3 Å². The van der Waals surface area contributed by atoms with E-state index in [-0.39, 0.29) is 5.91 Å². The normalized spacial score (nSPS) is 10.6. The first-order valence-corrected chi connectivity index (χ1v) is 7.69. The lowest BCUT2D eigenvalue weighted by molar-refractivity contribution is -0.120. The maximum Gasteiger partial charge on any atom is 0.220 e. The number of amides is 1. The van der Waals surface area contributed by atoms with Gasteiger partial charge in [0.05, 0.1) is 11.0 Å². The molecule has 116 valence electrons. The van der Waals surface area contributed by atoms with Crippen LogP contribution in [-0.4, -0.2) is 22.0 Å². The predicted molar refractivity (Wildman–Crippen MR) is 92.6 cm³/mol. The molecule has 4 heteroatoms. The molecule has 0 aliphatic heterocycles. The van der Waals surface area contributed by atoms with Gasteiger partial charge in [0.25, 0.3) is 0 Å². The summed E-state index contributed by atoms with van der Waals surface area (Å²) in [4.78, 5) is 16.5. The van der Waals surface area contributed by atoms with Gasteiger partial charge in [-0.25, -0.2) is 4.98 Å². The molecule has 0 aliphatic rings. The third kappa shape index (κ3) is 3.31. The van der Waals surface area contributed by atoms with E-state index in [4.69, 9.17) is 4.98 Å². The minimum atomic E-state index is 0.0107. The van der Waals surface area contributed by atoms with Gasteiger partial charge in [0.1, 0.15) is 5.82 Å². The molecule has 1 amide bonds. The van der Waals surface area contributed by atoms with Gasteiger partial charge in [0.15, 0.2) is 0 Å². The van der Waals surface area contributed by atoms with Crippen LogP contribution in [0.1, 0.15) is 12.2 Å². The number of para-hydroxylation sites is 3. The van der Waals surface area contributed by atoms with Crippen molar-refractivity contribution in [1.82, 2.24) is 14.9 Å². The van der Waals surface area contributed by atoms with Crippen molar-refractivity contribution in [3.63, 3.8) is 0 Å². The van der Waals surface area contributed by atoms with E-state index in [2.05, 4.69) is 34.7 Å². The summed E-state index contributed by atoms with van der Waals surface area (Å²) in [6, 6.07) is 18.1. The molecular weight excluding hydrogens is 286 g/mol. The third-order valence-electron chi connectivity index (χ3n) is 3.66. The first kappa shape index (κ1) is 15.0. The summed E-state index contributed by atoms with van der Waals surface area (Å²) >= 11 is 0. The molecule has 0 saturated heterocycles. The first-order chi connectivity index (χ1) is 11.3. The Labute approximate surface area is 135 Å². The molecule has 1 aromatic heterocycles. The smallest absolute Gasteiger partial charge is 0.220 e. The lowest BCUT2D eigenvalue weighted by Crippen LogP contribution is -2.23. The van der Waals surface area contributed by atoms with Gasteiger partial charge in [-0.3, -0.25) is 9.36 Å². The third-order valence-corrected chi connectivity index (χ3v) is 3.66. The van der Waals surface area contributed by atoms with Crippen LogP contribution in [0, 0.1) is 0 Å². The Morgan fingerprint density at radius 1 is 1.13 bits per heavy atom. The number of fused-ring (bicyclic) bond motifs is 1. The Morgan fingerprint density at radius 2 is 1.87 bits per heavy atom. The zero-order valence-electron chi connectivity index (χ0n) is 12.9. The maximum absolute atomic E-state index is 11.8. The Hall–Kier alpha value is -2.88. The van der Waals surface area contributed by atoms with Crippen molar-refractivity contribution >= 4 is 16.9 Å². The lowest BCUT2D eigenvalue weighted by Gasteiger charge is -2.09. The number of hydrogen-bond acceptors (Lipinski definition) is 2. The zero-order valence-corrected chi connectivity index (χ0v) is 12.9. The molecule has 3 aromatic rings. The van der Waals surface area contributed by atoms with Gasteiger partial charge >= 0.3 is 0 Å². The largest absolute Gasteiger partial charge is 0.353 e. The molecule has 23 heavy (non-hydrogen) atoms. The van der Waals surface area contributed by atoms with Gasteiger partial charge in [0, 0.05) is 25.1 Å². The molecule has 0 radical (unpaired) electrons. The molecule has 0 atom stereocenters. The topological polar surface area (TPSA) is 46.9 Å². The SMILES string of the molecule is C=CCNC(=O)CCc1nc2ccccc2n1-c1ccccc1. The quantitative estimate of drug-likeness (QED) is 0.711. The van der Waals surface area contributed by atoms with Gasteiger partial charge in [0.2, 0.25) is 5.91 Å². The van der Waals surface area contributed by atoms with Crippen molar-refractivity contribution in [2.75, 3.05) is 6.54 Å². The number of carbonyl (C=O) groups is 1. The van der Waals surface area contributed by atoms with Crippen molar-refractivity contribution in [2.45, 2.75) is 12.8 Å². The van der Waals surface area contributed by atoms with Crippen molar-refractivity contribution in [2.24, 2.45) is 0 Å². The Bertz CT molecular complexity index is 821.